The molecule has 0 amide bonds. The van der Waals surface area contributed by atoms with Crippen molar-refractivity contribution in [2.75, 3.05) is 13.2 Å². The molecule has 0 atom stereocenters. The van der Waals surface area contributed by atoms with E-state index in [1.807, 2.05) is 22.9 Å². The first-order valence-corrected chi connectivity index (χ1v) is 13.8. The normalized spacial score (nSPS) is 11.8. The monoisotopic (exact) mass is 517 g/mol. The van der Waals surface area contributed by atoms with Crippen LogP contribution in [0, 0.1) is 0 Å². The fraction of sp³-hybridized carbons (Fsp3) is 0.483. The zero-order chi connectivity index (χ0) is 26.8. The van der Waals surface area contributed by atoms with E-state index in [9.17, 15) is 0 Å². The lowest BCUT2D eigenvalue weighted by atomic mass is 9.98. The first kappa shape index (κ1) is 27.6. The molecule has 0 radical (unpaired) electrons. The predicted molar refractivity (Wildman–Crippen MR) is 147 cm³/mol. The van der Waals surface area contributed by atoms with Gasteiger partial charge in [-0.3, -0.25) is 0 Å². The third-order valence-corrected chi connectivity index (χ3v) is 6.34. The van der Waals surface area contributed by atoms with Gasteiger partial charge in [0.15, 0.2) is 5.82 Å². The molecular formula is C29H39N7O2. The van der Waals surface area contributed by atoms with Crippen LogP contribution < -0.4 is 0 Å². The Bertz CT molecular complexity index is 1240. The zero-order valence-corrected chi connectivity index (χ0v) is 23.0. The largest absolute Gasteiger partial charge is 0.343 e. The highest BCUT2D eigenvalue weighted by Gasteiger charge is 2.38. The quantitative estimate of drug-likeness (QED) is 0.195. The number of aromatic amines is 1. The number of benzene rings is 2. The van der Waals surface area contributed by atoms with Gasteiger partial charge in [0.25, 0.3) is 0 Å². The van der Waals surface area contributed by atoms with Gasteiger partial charge in [-0.1, -0.05) is 82.6 Å². The molecule has 0 unspecified atom stereocenters. The fourth-order valence-electron chi connectivity index (χ4n) is 4.55. The molecule has 0 aliphatic heterocycles. The Kier molecular flexibility index (Phi) is 9.73. The van der Waals surface area contributed by atoms with E-state index in [-0.39, 0.29) is 0 Å². The summed E-state index contributed by atoms with van der Waals surface area (Å²) in [4.78, 5) is 5.03. The van der Waals surface area contributed by atoms with Crippen molar-refractivity contribution in [3.8, 4) is 22.5 Å². The van der Waals surface area contributed by atoms with Gasteiger partial charge in [-0.15, -0.1) is 5.10 Å². The number of tetrazole rings is 1. The Labute approximate surface area is 225 Å². The molecule has 4 rings (SSSR count). The molecule has 0 bridgehead atoms. The molecule has 202 valence electrons. The van der Waals surface area contributed by atoms with Gasteiger partial charge < -0.3 is 9.47 Å². The van der Waals surface area contributed by atoms with Crippen molar-refractivity contribution in [2.24, 2.45) is 0 Å². The van der Waals surface area contributed by atoms with Gasteiger partial charge in [-0.2, -0.15) is 5.10 Å². The second kappa shape index (κ2) is 13.4. The fourth-order valence-corrected chi connectivity index (χ4v) is 4.55. The van der Waals surface area contributed by atoms with Crippen LogP contribution in [0.5, 0.6) is 0 Å². The van der Waals surface area contributed by atoms with Gasteiger partial charge in [0.05, 0.1) is 13.2 Å². The molecule has 0 spiro atoms. The predicted octanol–water partition coefficient (Wildman–Crippen LogP) is 5.93. The first-order valence-electron chi connectivity index (χ1n) is 13.8. The lowest BCUT2D eigenvalue weighted by Crippen LogP contribution is -2.35. The maximum Gasteiger partial charge on any atom is 0.232 e. The molecule has 0 aliphatic carbocycles. The topological polar surface area (TPSA) is 104 Å². The minimum absolute atomic E-state index is 0.606. The average Bonchev–Trinajstić information content (AvgIpc) is 3.62. The summed E-state index contributed by atoms with van der Waals surface area (Å²) in [6, 6.07) is 16.7. The Morgan fingerprint density at radius 1 is 0.842 bits per heavy atom. The summed E-state index contributed by atoms with van der Waals surface area (Å²) >= 11 is 0. The summed E-state index contributed by atoms with van der Waals surface area (Å²) in [5.74, 6) is 1.30. The summed E-state index contributed by atoms with van der Waals surface area (Å²) in [5, 5.41) is 19.3. The second-order valence-electron chi connectivity index (χ2n) is 9.44. The highest BCUT2D eigenvalue weighted by atomic mass is 16.7. The molecule has 0 fully saturated rings. The second-order valence-corrected chi connectivity index (χ2v) is 9.44. The summed E-state index contributed by atoms with van der Waals surface area (Å²) in [6.07, 6.45) is 5.09. The van der Waals surface area contributed by atoms with Crippen LogP contribution in [0.3, 0.4) is 0 Å². The van der Waals surface area contributed by atoms with Crippen LogP contribution in [0.15, 0.2) is 48.5 Å². The van der Waals surface area contributed by atoms with Crippen LogP contribution in [0.2, 0.25) is 0 Å². The van der Waals surface area contributed by atoms with Crippen LogP contribution in [-0.2, 0) is 28.2 Å². The van der Waals surface area contributed by atoms with Crippen molar-refractivity contribution in [1.82, 2.24) is 35.4 Å². The number of nitrogens with one attached hydrogen (secondary N) is 1. The molecule has 0 aliphatic rings. The van der Waals surface area contributed by atoms with Gasteiger partial charge >= 0.3 is 0 Å². The third-order valence-electron chi connectivity index (χ3n) is 6.34. The van der Waals surface area contributed by atoms with E-state index in [4.69, 9.17) is 19.6 Å². The average molecular weight is 518 g/mol. The molecule has 9 nitrogen and oxygen atoms in total. The Morgan fingerprint density at radius 3 is 2.16 bits per heavy atom. The Morgan fingerprint density at radius 2 is 1.55 bits per heavy atom. The van der Waals surface area contributed by atoms with E-state index in [0.717, 1.165) is 66.7 Å². The van der Waals surface area contributed by atoms with E-state index in [1.165, 1.54) is 0 Å². The molecule has 2 aromatic carbocycles. The molecule has 2 heterocycles. The van der Waals surface area contributed by atoms with Crippen molar-refractivity contribution >= 4 is 0 Å². The summed E-state index contributed by atoms with van der Waals surface area (Å²) in [7, 11) is 0. The third kappa shape index (κ3) is 6.34. The first-order chi connectivity index (χ1) is 18.6. The van der Waals surface area contributed by atoms with Crippen LogP contribution in [-0.4, -0.2) is 48.6 Å². The molecule has 0 saturated heterocycles. The number of aryl methyl sites for hydroxylation is 1. The van der Waals surface area contributed by atoms with E-state index < -0.39 is 5.79 Å². The molecule has 0 saturated carbocycles. The minimum atomic E-state index is -0.905. The number of H-pyrrole nitrogens is 1. The van der Waals surface area contributed by atoms with Crippen molar-refractivity contribution in [2.45, 2.75) is 78.6 Å². The number of rotatable bonds is 15. The van der Waals surface area contributed by atoms with E-state index in [1.54, 1.807) is 0 Å². The van der Waals surface area contributed by atoms with Crippen LogP contribution in [0.4, 0.5) is 0 Å². The lowest BCUT2D eigenvalue weighted by molar-refractivity contribution is -0.256. The molecule has 9 heteroatoms. The SMILES string of the molecule is CCCOC(CCC)(OCCC)c1nc(Cc2ccc(-c3ccccc3-c3nnn[nH]3)cc2)n(CCC)n1. The highest BCUT2D eigenvalue weighted by molar-refractivity contribution is 5.80. The van der Waals surface area contributed by atoms with Crippen LogP contribution in [0.25, 0.3) is 22.5 Å². The van der Waals surface area contributed by atoms with Crippen LogP contribution in [0.1, 0.15) is 77.0 Å². The van der Waals surface area contributed by atoms with E-state index in [0.29, 0.717) is 31.3 Å². The number of ether oxygens (including phenoxy) is 2. The standard InChI is InChI=1S/C29H39N7O2/c1-5-17-29(37-19-7-3,38-20-8-4)28-30-26(36(33-28)18-6-2)21-22-13-15-23(16-14-22)24-11-9-10-12-25(24)27-31-34-35-32-27/h9-16H,5-8,17-21H2,1-4H3,(H,31,32,34,35). The van der Waals surface area contributed by atoms with Crippen molar-refractivity contribution in [1.29, 1.82) is 0 Å². The number of aromatic nitrogens is 7. The summed E-state index contributed by atoms with van der Waals surface area (Å²) in [5.41, 5.74) is 4.29. The smallest absolute Gasteiger partial charge is 0.232 e. The molecule has 38 heavy (non-hydrogen) atoms. The molecule has 4 aromatic rings. The van der Waals surface area contributed by atoms with Gasteiger partial charge in [-0.25, -0.2) is 14.8 Å². The molecule has 2 aromatic heterocycles. The minimum Gasteiger partial charge on any atom is -0.343 e. The van der Waals surface area contributed by atoms with Gasteiger partial charge in [0, 0.05) is 24.9 Å². The Balaban J connectivity index is 1.62. The van der Waals surface area contributed by atoms with Crippen molar-refractivity contribution < 1.29 is 9.47 Å². The number of hydrogen-bond acceptors (Lipinski definition) is 7. The maximum atomic E-state index is 6.33. The molecular weight excluding hydrogens is 478 g/mol. The van der Waals surface area contributed by atoms with E-state index >= 15 is 0 Å². The summed E-state index contributed by atoms with van der Waals surface area (Å²) in [6.45, 7) is 10.5. The maximum absolute atomic E-state index is 6.33. The van der Waals surface area contributed by atoms with Crippen LogP contribution >= 0.6 is 0 Å². The number of nitrogens with zero attached hydrogens (tertiary/aromatic N) is 6. The van der Waals surface area contributed by atoms with Gasteiger partial charge in [0.2, 0.25) is 11.6 Å². The zero-order valence-electron chi connectivity index (χ0n) is 23.0. The Hall–Kier alpha value is -3.43. The number of hydrogen-bond donors (Lipinski definition) is 1. The summed E-state index contributed by atoms with van der Waals surface area (Å²) < 4.78 is 14.7. The van der Waals surface area contributed by atoms with Crippen molar-refractivity contribution in [3.05, 3.63) is 65.7 Å². The highest BCUT2D eigenvalue weighted by Crippen LogP contribution is 2.32. The van der Waals surface area contributed by atoms with E-state index in [2.05, 4.69) is 78.7 Å². The van der Waals surface area contributed by atoms with Crippen molar-refractivity contribution in [3.63, 3.8) is 0 Å². The van der Waals surface area contributed by atoms with Gasteiger partial charge in [-0.05, 0) is 46.4 Å². The molecule has 1 N–H and O–H groups in total. The lowest BCUT2D eigenvalue weighted by Gasteiger charge is -2.31. The van der Waals surface area contributed by atoms with Gasteiger partial charge in [0.1, 0.15) is 5.82 Å².